The summed E-state index contributed by atoms with van der Waals surface area (Å²) >= 11 is 0. The van der Waals surface area contributed by atoms with Gasteiger partial charge in [0.1, 0.15) is 0 Å². The number of rotatable bonds is 7. The fourth-order valence-electron chi connectivity index (χ4n) is 3.82. The first-order valence-corrected chi connectivity index (χ1v) is 11.0. The van der Waals surface area contributed by atoms with Gasteiger partial charge in [-0.15, -0.1) is 0 Å². The Morgan fingerprint density at radius 3 is 2.29 bits per heavy atom. The number of aromatic nitrogens is 3. The Bertz CT molecular complexity index is 1130. The zero-order chi connectivity index (χ0) is 21.8. The molecule has 0 aliphatic rings. The first-order valence-electron chi connectivity index (χ1n) is 11.0. The molecule has 0 bridgehead atoms. The molecule has 2 heterocycles. The van der Waals surface area contributed by atoms with Crippen molar-refractivity contribution in [3.05, 3.63) is 89.9 Å². The van der Waals surface area contributed by atoms with Crippen LogP contribution < -0.4 is 0 Å². The minimum Gasteiger partial charge on any atom is -0.338 e. The van der Waals surface area contributed by atoms with Gasteiger partial charge in [0.2, 0.25) is 11.7 Å². The van der Waals surface area contributed by atoms with E-state index in [9.17, 15) is 0 Å². The number of benzene rings is 2. The molecule has 31 heavy (non-hydrogen) atoms. The Kier molecular flexibility index (Phi) is 5.99. The average Bonchev–Trinajstić information content (AvgIpc) is 3.31. The molecule has 0 fully saturated rings. The topological polar surface area (TPSA) is 51.8 Å². The first kappa shape index (κ1) is 21.0. The Morgan fingerprint density at radius 2 is 1.58 bits per heavy atom. The van der Waals surface area contributed by atoms with Gasteiger partial charge in [-0.2, -0.15) is 4.98 Å². The molecule has 0 aliphatic heterocycles. The maximum Gasteiger partial charge on any atom is 0.238 e. The fourth-order valence-corrected chi connectivity index (χ4v) is 3.82. The Labute approximate surface area is 184 Å². The Morgan fingerprint density at radius 1 is 0.839 bits per heavy atom. The second-order valence-electron chi connectivity index (χ2n) is 8.63. The van der Waals surface area contributed by atoms with Crippen LogP contribution in [0.3, 0.4) is 0 Å². The maximum atomic E-state index is 5.70. The van der Waals surface area contributed by atoms with Crippen molar-refractivity contribution in [3.63, 3.8) is 0 Å². The summed E-state index contributed by atoms with van der Waals surface area (Å²) in [5, 5.41) is 4.26. The summed E-state index contributed by atoms with van der Waals surface area (Å²) in [4.78, 5) is 9.62. The highest BCUT2D eigenvalue weighted by molar-refractivity contribution is 5.59. The molecule has 4 heteroatoms. The third-order valence-corrected chi connectivity index (χ3v) is 5.88. The summed E-state index contributed by atoms with van der Waals surface area (Å²) < 4.78 is 5.70. The summed E-state index contributed by atoms with van der Waals surface area (Å²) in [6, 6.07) is 24.7. The van der Waals surface area contributed by atoms with E-state index >= 15 is 0 Å². The van der Waals surface area contributed by atoms with Crippen LogP contribution in [0.1, 0.15) is 63.6 Å². The highest BCUT2D eigenvalue weighted by Crippen LogP contribution is 2.32. The molecule has 4 nitrogen and oxygen atoms in total. The van der Waals surface area contributed by atoms with Gasteiger partial charge < -0.3 is 4.52 Å². The van der Waals surface area contributed by atoms with Crippen molar-refractivity contribution in [1.29, 1.82) is 0 Å². The summed E-state index contributed by atoms with van der Waals surface area (Å²) in [6.07, 6.45) is 2.38. The van der Waals surface area contributed by atoms with E-state index in [4.69, 9.17) is 14.5 Å². The summed E-state index contributed by atoms with van der Waals surface area (Å²) in [6.45, 7) is 8.62. The van der Waals surface area contributed by atoms with E-state index < -0.39 is 5.41 Å². The first-order chi connectivity index (χ1) is 15.0. The van der Waals surface area contributed by atoms with Crippen molar-refractivity contribution in [1.82, 2.24) is 15.1 Å². The van der Waals surface area contributed by atoms with Crippen LogP contribution in [-0.4, -0.2) is 15.1 Å². The van der Waals surface area contributed by atoms with Crippen molar-refractivity contribution < 1.29 is 4.52 Å². The summed E-state index contributed by atoms with van der Waals surface area (Å²) in [5.41, 5.74) is 4.71. The van der Waals surface area contributed by atoms with Crippen LogP contribution in [0.2, 0.25) is 0 Å². The molecule has 4 rings (SSSR count). The highest BCUT2D eigenvalue weighted by atomic mass is 16.5. The minimum atomic E-state index is -0.508. The van der Waals surface area contributed by atoms with E-state index in [0.717, 1.165) is 22.5 Å². The molecule has 4 aromatic rings. The normalized spacial score (nSPS) is 12.6. The van der Waals surface area contributed by atoms with Gasteiger partial charge in [-0.25, -0.2) is 0 Å². The second kappa shape index (κ2) is 8.84. The molecule has 1 atom stereocenters. The van der Waals surface area contributed by atoms with Crippen molar-refractivity contribution in [2.75, 3.05) is 0 Å². The molecular weight excluding hydrogens is 382 g/mol. The van der Waals surface area contributed by atoms with Gasteiger partial charge in [-0.3, -0.25) is 4.98 Å². The predicted molar refractivity (Wildman–Crippen MR) is 125 cm³/mol. The average molecular weight is 412 g/mol. The lowest BCUT2D eigenvalue weighted by Gasteiger charge is -2.20. The lowest BCUT2D eigenvalue weighted by molar-refractivity contribution is 0.330. The predicted octanol–water partition coefficient (Wildman–Crippen LogP) is 7.03. The van der Waals surface area contributed by atoms with Gasteiger partial charge in [0.15, 0.2) is 0 Å². The molecule has 0 N–H and O–H groups in total. The SMILES string of the molecule is CCCC(C)c1ccc(-c2noc(C(C)(C)c3cccc(-c4ccccc4)n3)n2)cc1. The van der Waals surface area contributed by atoms with Gasteiger partial charge in [-0.05, 0) is 43.9 Å². The quantitative estimate of drug-likeness (QED) is 0.328. The zero-order valence-electron chi connectivity index (χ0n) is 18.7. The Balaban J connectivity index is 1.60. The lowest BCUT2D eigenvalue weighted by atomic mass is 9.88. The van der Waals surface area contributed by atoms with Gasteiger partial charge in [0, 0.05) is 11.1 Å². The van der Waals surface area contributed by atoms with Crippen LogP contribution in [-0.2, 0) is 5.41 Å². The third kappa shape index (κ3) is 4.43. The lowest BCUT2D eigenvalue weighted by Crippen LogP contribution is -2.21. The van der Waals surface area contributed by atoms with Crippen molar-refractivity contribution in [2.24, 2.45) is 0 Å². The molecular formula is C27H29N3O. The molecule has 0 saturated heterocycles. The fraction of sp³-hybridized carbons (Fsp3) is 0.296. The van der Waals surface area contributed by atoms with E-state index in [0.29, 0.717) is 17.6 Å². The maximum absolute atomic E-state index is 5.70. The molecule has 1 unspecified atom stereocenters. The molecule has 0 radical (unpaired) electrons. The van der Waals surface area contributed by atoms with Crippen LogP contribution in [0.25, 0.3) is 22.6 Å². The monoisotopic (exact) mass is 411 g/mol. The van der Waals surface area contributed by atoms with Crippen LogP contribution in [0.5, 0.6) is 0 Å². The second-order valence-corrected chi connectivity index (χ2v) is 8.63. The summed E-state index contributed by atoms with van der Waals surface area (Å²) in [7, 11) is 0. The summed E-state index contributed by atoms with van der Waals surface area (Å²) in [5.74, 6) is 1.72. The molecule has 0 saturated carbocycles. The molecule has 2 aromatic heterocycles. The van der Waals surface area contributed by atoms with Crippen molar-refractivity contribution in [3.8, 4) is 22.6 Å². The molecule has 0 aliphatic carbocycles. The van der Waals surface area contributed by atoms with Crippen LogP contribution in [0, 0.1) is 0 Å². The molecule has 2 aromatic carbocycles. The largest absolute Gasteiger partial charge is 0.338 e. The van der Waals surface area contributed by atoms with Crippen molar-refractivity contribution >= 4 is 0 Å². The van der Waals surface area contributed by atoms with E-state index in [1.54, 1.807) is 0 Å². The van der Waals surface area contributed by atoms with E-state index in [-0.39, 0.29) is 0 Å². The van der Waals surface area contributed by atoms with E-state index in [1.165, 1.54) is 18.4 Å². The van der Waals surface area contributed by atoms with Crippen LogP contribution in [0.15, 0.2) is 77.3 Å². The number of nitrogens with zero attached hydrogens (tertiary/aromatic N) is 3. The highest BCUT2D eigenvalue weighted by Gasteiger charge is 2.32. The molecule has 158 valence electrons. The molecule has 0 amide bonds. The zero-order valence-corrected chi connectivity index (χ0v) is 18.7. The van der Waals surface area contributed by atoms with Crippen LogP contribution in [0.4, 0.5) is 0 Å². The van der Waals surface area contributed by atoms with Crippen molar-refractivity contribution in [2.45, 2.75) is 51.9 Å². The van der Waals surface area contributed by atoms with Gasteiger partial charge in [-0.1, -0.05) is 86.1 Å². The third-order valence-electron chi connectivity index (χ3n) is 5.88. The van der Waals surface area contributed by atoms with Crippen LogP contribution >= 0.6 is 0 Å². The smallest absolute Gasteiger partial charge is 0.238 e. The number of pyridine rings is 1. The standard InChI is InChI=1S/C27H29N3O/c1-5-10-19(2)20-15-17-22(18-16-20)25-29-26(31-30-25)27(3,4)24-14-9-13-23(28-24)21-11-7-6-8-12-21/h6-9,11-19H,5,10H2,1-4H3. The number of hydrogen-bond acceptors (Lipinski definition) is 4. The Hall–Kier alpha value is -3.27. The van der Waals surface area contributed by atoms with Gasteiger partial charge >= 0.3 is 0 Å². The number of hydrogen-bond donors (Lipinski definition) is 0. The molecule has 0 spiro atoms. The minimum absolute atomic E-state index is 0.508. The van der Waals surface area contributed by atoms with E-state index in [1.807, 2.05) is 36.4 Å². The van der Waals surface area contributed by atoms with Gasteiger partial charge in [0.05, 0.1) is 16.8 Å². The van der Waals surface area contributed by atoms with Gasteiger partial charge in [0.25, 0.3) is 0 Å². The van der Waals surface area contributed by atoms with E-state index in [2.05, 4.69) is 69.2 Å².